The number of rotatable bonds is 7. The Morgan fingerprint density at radius 3 is 2.53 bits per heavy atom. The molecule has 0 radical (unpaired) electrons. The van der Waals surface area contributed by atoms with Gasteiger partial charge in [0.15, 0.2) is 18.1 Å². The maximum Gasteiger partial charge on any atom is 0.343 e. The number of hydrazone groups is 1. The van der Waals surface area contributed by atoms with Crippen LogP contribution >= 0.6 is 15.9 Å². The summed E-state index contributed by atoms with van der Waals surface area (Å²) in [6.07, 6.45) is 1.75. The number of esters is 1. The summed E-state index contributed by atoms with van der Waals surface area (Å²) in [6.45, 7) is 3.81. The van der Waals surface area contributed by atoms with Crippen LogP contribution in [0.3, 0.4) is 0 Å². The summed E-state index contributed by atoms with van der Waals surface area (Å²) in [5.41, 5.74) is 2.51. The third-order valence-electron chi connectivity index (χ3n) is 4.30. The van der Waals surface area contributed by atoms with Crippen LogP contribution in [0.25, 0.3) is 6.08 Å². The molecule has 0 atom stereocenters. The Kier molecular flexibility index (Phi) is 6.89. The minimum absolute atomic E-state index is 0.213. The smallest absolute Gasteiger partial charge is 0.343 e. The zero-order valence-corrected chi connectivity index (χ0v) is 18.4. The predicted octanol–water partition coefficient (Wildman–Crippen LogP) is 4.21. The quantitative estimate of drug-likeness (QED) is 0.445. The standard InChI is InChI=1S/C22H21BrN2O5/c1-4-29-19-11-15(18(23)12-20(19)30-13-21(26)28-3)10-17-14(2)24-25(22(17)27)16-8-6-5-7-9-16/h5-12H,4,13H2,1-3H3/b17-10-. The molecule has 0 N–H and O–H groups in total. The number of hydrogen-bond acceptors (Lipinski definition) is 6. The normalized spacial score (nSPS) is 14.7. The second-order valence-electron chi connectivity index (χ2n) is 6.31. The number of carbonyl (C=O) groups is 2. The van der Waals surface area contributed by atoms with Crippen molar-refractivity contribution in [3.8, 4) is 11.5 Å². The minimum Gasteiger partial charge on any atom is -0.490 e. The van der Waals surface area contributed by atoms with Crippen LogP contribution in [0.15, 0.2) is 57.6 Å². The topological polar surface area (TPSA) is 77.4 Å². The number of amides is 1. The van der Waals surface area contributed by atoms with Crippen LogP contribution in [0.5, 0.6) is 11.5 Å². The van der Waals surface area contributed by atoms with Gasteiger partial charge in [-0.1, -0.05) is 34.1 Å². The number of benzene rings is 2. The van der Waals surface area contributed by atoms with E-state index in [0.29, 0.717) is 39.6 Å². The third kappa shape index (κ3) is 4.71. The van der Waals surface area contributed by atoms with E-state index in [1.54, 1.807) is 25.1 Å². The average Bonchev–Trinajstić information content (AvgIpc) is 3.03. The number of halogens is 1. The molecule has 0 spiro atoms. The molecule has 0 aliphatic carbocycles. The Balaban J connectivity index is 1.92. The van der Waals surface area contributed by atoms with Gasteiger partial charge in [-0.3, -0.25) is 4.79 Å². The van der Waals surface area contributed by atoms with E-state index in [1.165, 1.54) is 12.1 Å². The van der Waals surface area contributed by atoms with Gasteiger partial charge in [0, 0.05) is 4.47 Å². The van der Waals surface area contributed by atoms with E-state index < -0.39 is 5.97 Å². The molecule has 0 fully saturated rings. The number of para-hydroxylation sites is 1. The lowest BCUT2D eigenvalue weighted by atomic mass is 10.1. The molecule has 7 nitrogen and oxygen atoms in total. The number of ether oxygens (including phenoxy) is 3. The summed E-state index contributed by atoms with van der Waals surface area (Å²) in [7, 11) is 1.29. The van der Waals surface area contributed by atoms with Gasteiger partial charge in [-0.15, -0.1) is 0 Å². The molecule has 3 rings (SSSR count). The number of methoxy groups -OCH3 is 1. The lowest BCUT2D eigenvalue weighted by Crippen LogP contribution is -2.21. The summed E-state index contributed by atoms with van der Waals surface area (Å²) < 4.78 is 16.5. The van der Waals surface area contributed by atoms with E-state index in [9.17, 15) is 9.59 Å². The van der Waals surface area contributed by atoms with Crippen molar-refractivity contribution < 1.29 is 23.8 Å². The zero-order chi connectivity index (χ0) is 21.7. The van der Waals surface area contributed by atoms with Crippen molar-refractivity contribution in [2.75, 3.05) is 25.3 Å². The highest BCUT2D eigenvalue weighted by atomic mass is 79.9. The van der Waals surface area contributed by atoms with E-state index in [1.807, 2.05) is 37.3 Å². The van der Waals surface area contributed by atoms with Crippen molar-refractivity contribution in [3.63, 3.8) is 0 Å². The molecule has 1 aliphatic heterocycles. The van der Waals surface area contributed by atoms with Gasteiger partial charge >= 0.3 is 5.97 Å². The first-order valence-corrected chi connectivity index (χ1v) is 10.1. The number of carbonyl (C=O) groups excluding carboxylic acids is 2. The van der Waals surface area contributed by atoms with Crippen LogP contribution < -0.4 is 14.5 Å². The fourth-order valence-electron chi connectivity index (χ4n) is 2.82. The molecule has 156 valence electrons. The molecule has 0 aromatic heterocycles. The Hall–Kier alpha value is -3.13. The Bertz CT molecular complexity index is 1020. The molecule has 1 heterocycles. The van der Waals surface area contributed by atoms with Gasteiger partial charge in [0.2, 0.25) is 0 Å². The summed E-state index contributed by atoms with van der Waals surface area (Å²) >= 11 is 3.50. The molecule has 1 aliphatic rings. The Morgan fingerprint density at radius 2 is 1.87 bits per heavy atom. The molecule has 1 amide bonds. The number of nitrogens with zero attached hydrogens (tertiary/aromatic N) is 2. The van der Waals surface area contributed by atoms with Crippen LogP contribution in [0.2, 0.25) is 0 Å². The van der Waals surface area contributed by atoms with E-state index >= 15 is 0 Å². The fraction of sp³-hybridized carbons (Fsp3) is 0.227. The van der Waals surface area contributed by atoms with E-state index in [2.05, 4.69) is 25.8 Å². The maximum atomic E-state index is 12.9. The van der Waals surface area contributed by atoms with Gasteiger partial charge in [-0.25, -0.2) is 4.79 Å². The molecular formula is C22H21BrN2O5. The Labute approximate surface area is 183 Å². The molecule has 0 bridgehead atoms. The van der Waals surface area contributed by atoms with Crippen molar-refractivity contribution in [3.05, 3.63) is 58.1 Å². The second kappa shape index (κ2) is 9.58. The van der Waals surface area contributed by atoms with E-state index in [0.717, 1.165) is 5.56 Å². The predicted molar refractivity (Wildman–Crippen MR) is 118 cm³/mol. The first-order chi connectivity index (χ1) is 14.4. The average molecular weight is 473 g/mol. The van der Waals surface area contributed by atoms with Crippen molar-refractivity contribution in [2.45, 2.75) is 13.8 Å². The molecule has 0 saturated carbocycles. The summed E-state index contributed by atoms with van der Waals surface area (Å²) in [5.74, 6) is 0.139. The van der Waals surface area contributed by atoms with Crippen LogP contribution in [-0.4, -0.2) is 37.9 Å². The van der Waals surface area contributed by atoms with Crippen LogP contribution in [0.4, 0.5) is 5.69 Å². The first kappa shape index (κ1) is 21.6. The summed E-state index contributed by atoms with van der Waals surface area (Å²) in [5, 5.41) is 5.77. The lowest BCUT2D eigenvalue weighted by Gasteiger charge is -2.14. The Morgan fingerprint density at radius 1 is 1.17 bits per heavy atom. The van der Waals surface area contributed by atoms with Gasteiger partial charge in [0.25, 0.3) is 5.91 Å². The first-order valence-electron chi connectivity index (χ1n) is 9.27. The van der Waals surface area contributed by atoms with Crippen molar-refractivity contribution >= 4 is 45.3 Å². The highest BCUT2D eigenvalue weighted by molar-refractivity contribution is 9.10. The largest absolute Gasteiger partial charge is 0.490 e. The maximum absolute atomic E-state index is 12.9. The lowest BCUT2D eigenvalue weighted by molar-refractivity contribution is -0.142. The van der Waals surface area contributed by atoms with Crippen molar-refractivity contribution in [2.24, 2.45) is 5.10 Å². The molecule has 2 aromatic rings. The van der Waals surface area contributed by atoms with Gasteiger partial charge in [-0.2, -0.15) is 10.1 Å². The summed E-state index contributed by atoms with van der Waals surface area (Å²) in [6, 6.07) is 12.7. The van der Waals surface area contributed by atoms with Crippen LogP contribution in [0.1, 0.15) is 19.4 Å². The molecular weight excluding hydrogens is 452 g/mol. The van der Waals surface area contributed by atoms with E-state index in [-0.39, 0.29) is 12.5 Å². The molecule has 0 saturated heterocycles. The van der Waals surface area contributed by atoms with Crippen molar-refractivity contribution in [1.82, 2.24) is 0 Å². The highest BCUT2D eigenvalue weighted by Crippen LogP contribution is 2.36. The van der Waals surface area contributed by atoms with Gasteiger partial charge in [0.1, 0.15) is 0 Å². The number of anilines is 1. The molecule has 2 aromatic carbocycles. The SMILES string of the molecule is CCOc1cc(/C=C2\C(=O)N(c3ccccc3)N=C2C)c(Br)cc1OCC(=O)OC. The second-order valence-corrected chi connectivity index (χ2v) is 7.17. The van der Waals surface area contributed by atoms with Crippen LogP contribution in [0, 0.1) is 0 Å². The summed E-state index contributed by atoms with van der Waals surface area (Å²) in [4.78, 5) is 24.3. The third-order valence-corrected chi connectivity index (χ3v) is 4.99. The van der Waals surface area contributed by atoms with Gasteiger partial charge in [-0.05, 0) is 49.8 Å². The fourth-order valence-corrected chi connectivity index (χ4v) is 3.26. The van der Waals surface area contributed by atoms with Crippen molar-refractivity contribution in [1.29, 1.82) is 0 Å². The molecule has 8 heteroatoms. The van der Waals surface area contributed by atoms with Crippen LogP contribution in [-0.2, 0) is 14.3 Å². The highest BCUT2D eigenvalue weighted by Gasteiger charge is 2.29. The van der Waals surface area contributed by atoms with Gasteiger partial charge < -0.3 is 14.2 Å². The van der Waals surface area contributed by atoms with Gasteiger partial charge in [0.05, 0.1) is 30.7 Å². The zero-order valence-electron chi connectivity index (χ0n) is 16.8. The molecule has 30 heavy (non-hydrogen) atoms. The van der Waals surface area contributed by atoms with E-state index in [4.69, 9.17) is 9.47 Å². The minimum atomic E-state index is -0.496. The monoisotopic (exact) mass is 472 g/mol. The number of hydrogen-bond donors (Lipinski definition) is 0. The molecule has 0 unspecified atom stereocenters.